The molecule has 0 unspecified atom stereocenters. The molecule has 0 atom stereocenters. The molecule has 0 radical (unpaired) electrons. The second kappa shape index (κ2) is 6.43. The fourth-order valence-corrected chi connectivity index (χ4v) is 2.82. The van der Waals surface area contributed by atoms with Crippen LogP contribution >= 0.6 is 15.9 Å². The van der Waals surface area contributed by atoms with E-state index < -0.39 is 0 Å². The molecule has 0 aliphatic carbocycles. The number of phenolic OH excluding ortho intramolecular Hbond substituents is 1. The van der Waals surface area contributed by atoms with E-state index in [2.05, 4.69) is 38.1 Å². The van der Waals surface area contributed by atoms with Gasteiger partial charge in [0.05, 0.1) is 10.2 Å². The number of hydrogen-bond donors (Lipinski definition) is 2. The molecule has 21 heavy (non-hydrogen) atoms. The van der Waals surface area contributed by atoms with E-state index in [-0.39, 0.29) is 0 Å². The summed E-state index contributed by atoms with van der Waals surface area (Å²) in [6.45, 7) is 8.67. The highest BCUT2D eigenvalue weighted by Gasteiger charge is 2.13. The summed E-state index contributed by atoms with van der Waals surface area (Å²) in [5.41, 5.74) is 3.56. The molecule has 1 heterocycles. The quantitative estimate of drug-likeness (QED) is 0.867. The normalized spacial score (nSPS) is 10.7. The number of hydrogen-bond acceptors (Lipinski definition) is 4. The first-order chi connectivity index (χ1) is 9.97. The summed E-state index contributed by atoms with van der Waals surface area (Å²) in [5.74, 6) is 1.82. The molecular weight excluding hydrogens is 330 g/mol. The van der Waals surface area contributed by atoms with Crippen LogP contribution in [0.25, 0.3) is 11.4 Å². The van der Waals surface area contributed by atoms with E-state index in [0.29, 0.717) is 11.6 Å². The maximum atomic E-state index is 9.90. The zero-order chi connectivity index (χ0) is 15.6. The lowest BCUT2D eigenvalue weighted by molar-refractivity contribution is 0.467. The third kappa shape index (κ3) is 3.18. The van der Waals surface area contributed by atoms with Crippen LogP contribution in [0.1, 0.15) is 30.7 Å². The highest BCUT2D eigenvalue weighted by atomic mass is 79.9. The molecule has 2 N–H and O–H groups in total. The lowest BCUT2D eigenvalue weighted by Crippen LogP contribution is -2.06. The van der Waals surface area contributed by atoms with Gasteiger partial charge in [0.15, 0.2) is 5.82 Å². The second-order valence-electron chi connectivity index (χ2n) is 5.00. The van der Waals surface area contributed by atoms with Crippen LogP contribution in [0.5, 0.6) is 5.75 Å². The predicted octanol–water partition coefficient (Wildman–Crippen LogP) is 4.22. The summed E-state index contributed by atoms with van der Waals surface area (Å²) in [5, 5.41) is 13.2. The Labute approximate surface area is 133 Å². The van der Waals surface area contributed by atoms with Gasteiger partial charge in [0.1, 0.15) is 11.6 Å². The fourth-order valence-electron chi connectivity index (χ4n) is 2.23. The minimum atomic E-state index is 0.332. The van der Waals surface area contributed by atoms with Crippen LogP contribution in [0.2, 0.25) is 0 Å². The standard InChI is InChI=1S/C16H20BrN3O/c1-5-12-13(17)16(18-6-2)20-15(19-12)11-7-9(3)14(21)10(4)8-11/h7-8,21H,5-6H2,1-4H3,(H,18,19,20). The number of halogens is 1. The molecule has 0 fully saturated rings. The van der Waals surface area contributed by atoms with Crippen LogP contribution in [-0.4, -0.2) is 21.6 Å². The number of rotatable bonds is 4. The van der Waals surface area contributed by atoms with E-state index in [4.69, 9.17) is 0 Å². The molecule has 2 aromatic rings. The number of nitrogens with zero attached hydrogens (tertiary/aromatic N) is 2. The Morgan fingerprint density at radius 2 is 1.76 bits per heavy atom. The number of phenols is 1. The zero-order valence-electron chi connectivity index (χ0n) is 12.8. The first-order valence-corrected chi connectivity index (χ1v) is 7.88. The van der Waals surface area contributed by atoms with Crippen LogP contribution in [0.3, 0.4) is 0 Å². The summed E-state index contributed by atoms with van der Waals surface area (Å²) < 4.78 is 0.919. The average Bonchev–Trinajstić information content (AvgIpc) is 2.46. The largest absolute Gasteiger partial charge is 0.507 e. The summed E-state index contributed by atoms with van der Waals surface area (Å²) >= 11 is 3.56. The third-order valence-electron chi connectivity index (χ3n) is 3.35. The molecule has 4 nitrogen and oxygen atoms in total. The number of benzene rings is 1. The van der Waals surface area contributed by atoms with E-state index in [1.807, 2.05) is 32.9 Å². The lowest BCUT2D eigenvalue weighted by atomic mass is 10.1. The van der Waals surface area contributed by atoms with Crippen molar-refractivity contribution in [3.63, 3.8) is 0 Å². The van der Waals surface area contributed by atoms with Gasteiger partial charge < -0.3 is 10.4 Å². The molecule has 5 heteroatoms. The highest BCUT2D eigenvalue weighted by molar-refractivity contribution is 9.10. The SMILES string of the molecule is CCNc1nc(-c2cc(C)c(O)c(C)c2)nc(CC)c1Br. The number of aryl methyl sites for hydroxylation is 3. The van der Waals surface area contributed by atoms with Crippen molar-refractivity contribution in [3.05, 3.63) is 33.4 Å². The van der Waals surface area contributed by atoms with Crippen LogP contribution in [0, 0.1) is 13.8 Å². The Balaban J connectivity index is 2.60. The van der Waals surface area contributed by atoms with Gasteiger partial charge in [-0.05, 0) is 66.4 Å². The molecule has 1 aromatic carbocycles. The summed E-state index contributed by atoms with van der Waals surface area (Å²) in [6.07, 6.45) is 0.824. The van der Waals surface area contributed by atoms with Crippen molar-refractivity contribution < 1.29 is 5.11 Å². The highest BCUT2D eigenvalue weighted by Crippen LogP contribution is 2.31. The van der Waals surface area contributed by atoms with Gasteiger partial charge in [-0.3, -0.25) is 0 Å². The molecule has 1 aromatic heterocycles. The number of aromatic nitrogens is 2. The molecule has 0 spiro atoms. The first kappa shape index (κ1) is 15.8. The summed E-state index contributed by atoms with van der Waals surface area (Å²) in [7, 11) is 0. The van der Waals surface area contributed by atoms with Crippen molar-refractivity contribution >= 4 is 21.7 Å². The Morgan fingerprint density at radius 3 is 2.29 bits per heavy atom. The van der Waals surface area contributed by atoms with Gasteiger partial charge in [0.2, 0.25) is 0 Å². The van der Waals surface area contributed by atoms with E-state index in [1.54, 1.807) is 0 Å². The van der Waals surface area contributed by atoms with Gasteiger partial charge in [-0.1, -0.05) is 6.92 Å². The predicted molar refractivity (Wildman–Crippen MR) is 89.8 cm³/mol. The van der Waals surface area contributed by atoms with Crippen LogP contribution in [-0.2, 0) is 6.42 Å². The van der Waals surface area contributed by atoms with E-state index in [1.165, 1.54) is 0 Å². The summed E-state index contributed by atoms with van der Waals surface area (Å²) in [4.78, 5) is 9.24. The Hall–Kier alpha value is -1.62. The topological polar surface area (TPSA) is 58.0 Å². The smallest absolute Gasteiger partial charge is 0.161 e. The van der Waals surface area contributed by atoms with E-state index in [9.17, 15) is 5.11 Å². The maximum absolute atomic E-state index is 9.90. The first-order valence-electron chi connectivity index (χ1n) is 7.08. The Kier molecular flexibility index (Phi) is 4.83. The molecule has 2 rings (SSSR count). The van der Waals surface area contributed by atoms with Gasteiger partial charge >= 0.3 is 0 Å². The Bertz CT molecular complexity index is 648. The molecular formula is C16H20BrN3O. The van der Waals surface area contributed by atoms with E-state index in [0.717, 1.165) is 45.6 Å². The number of anilines is 1. The van der Waals surface area contributed by atoms with Crippen molar-refractivity contribution in [2.45, 2.75) is 34.1 Å². The molecule has 0 amide bonds. The van der Waals surface area contributed by atoms with Crippen molar-refractivity contribution in [1.29, 1.82) is 0 Å². The molecule has 0 aliphatic rings. The molecule has 0 aliphatic heterocycles. The average molecular weight is 350 g/mol. The second-order valence-corrected chi connectivity index (χ2v) is 5.79. The molecule has 0 saturated carbocycles. The van der Waals surface area contributed by atoms with Gasteiger partial charge in [0, 0.05) is 12.1 Å². The van der Waals surface area contributed by atoms with Crippen LogP contribution in [0.4, 0.5) is 5.82 Å². The van der Waals surface area contributed by atoms with Crippen LogP contribution < -0.4 is 5.32 Å². The fraction of sp³-hybridized carbons (Fsp3) is 0.375. The van der Waals surface area contributed by atoms with Crippen LogP contribution in [0.15, 0.2) is 16.6 Å². The van der Waals surface area contributed by atoms with Crippen molar-refractivity contribution in [1.82, 2.24) is 9.97 Å². The third-order valence-corrected chi connectivity index (χ3v) is 4.18. The number of nitrogens with one attached hydrogen (secondary N) is 1. The van der Waals surface area contributed by atoms with Gasteiger partial charge in [-0.25, -0.2) is 9.97 Å². The minimum Gasteiger partial charge on any atom is -0.507 e. The number of aromatic hydroxyl groups is 1. The molecule has 112 valence electrons. The monoisotopic (exact) mass is 349 g/mol. The lowest BCUT2D eigenvalue weighted by Gasteiger charge is -2.13. The Morgan fingerprint density at radius 1 is 1.14 bits per heavy atom. The molecule has 0 saturated heterocycles. The minimum absolute atomic E-state index is 0.332. The van der Waals surface area contributed by atoms with E-state index >= 15 is 0 Å². The maximum Gasteiger partial charge on any atom is 0.161 e. The van der Waals surface area contributed by atoms with Crippen molar-refractivity contribution in [3.8, 4) is 17.1 Å². The van der Waals surface area contributed by atoms with Gasteiger partial charge in [0.25, 0.3) is 0 Å². The summed E-state index contributed by atoms with van der Waals surface area (Å²) in [6, 6.07) is 3.83. The van der Waals surface area contributed by atoms with Crippen molar-refractivity contribution in [2.24, 2.45) is 0 Å². The molecule has 0 bridgehead atoms. The van der Waals surface area contributed by atoms with Gasteiger partial charge in [-0.15, -0.1) is 0 Å². The van der Waals surface area contributed by atoms with Crippen molar-refractivity contribution in [2.75, 3.05) is 11.9 Å². The van der Waals surface area contributed by atoms with Gasteiger partial charge in [-0.2, -0.15) is 0 Å². The zero-order valence-corrected chi connectivity index (χ0v) is 14.4.